The minimum atomic E-state index is -0.229. The molecular formula is C16H21NO2. The van der Waals surface area contributed by atoms with E-state index in [0.29, 0.717) is 18.2 Å². The molecule has 1 aliphatic carbocycles. The Bertz CT molecular complexity index is 454. The molecule has 0 spiro atoms. The van der Waals surface area contributed by atoms with Gasteiger partial charge in [-0.25, -0.2) is 4.79 Å². The van der Waals surface area contributed by atoms with Crippen molar-refractivity contribution in [3.05, 3.63) is 35.4 Å². The molecule has 3 nitrogen and oxygen atoms in total. The van der Waals surface area contributed by atoms with E-state index in [1.165, 1.54) is 24.8 Å². The van der Waals surface area contributed by atoms with E-state index >= 15 is 0 Å². The summed E-state index contributed by atoms with van der Waals surface area (Å²) in [7, 11) is 0. The van der Waals surface area contributed by atoms with Crippen LogP contribution >= 0.6 is 0 Å². The molecule has 2 aliphatic rings. The first-order chi connectivity index (χ1) is 9.29. The third-order valence-corrected chi connectivity index (χ3v) is 4.53. The van der Waals surface area contributed by atoms with E-state index < -0.39 is 0 Å². The lowest BCUT2D eigenvalue weighted by Gasteiger charge is -2.18. The van der Waals surface area contributed by atoms with Crippen molar-refractivity contribution in [3.63, 3.8) is 0 Å². The van der Waals surface area contributed by atoms with E-state index in [2.05, 4.69) is 17.4 Å². The molecular weight excluding hydrogens is 238 g/mol. The molecule has 3 unspecified atom stereocenters. The molecule has 0 radical (unpaired) electrons. The first-order valence-corrected chi connectivity index (χ1v) is 7.30. The van der Waals surface area contributed by atoms with Crippen molar-refractivity contribution < 1.29 is 9.53 Å². The number of esters is 1. The third kappa shape index (κ3) is 2.39. The molecule has 1 saturated heterocycles. The Morgan fingerprint density at radius 3 is 2.84 bits per heavy atom. The van der Waals surface area contributed by atoms with Gasteiger partial charge in [0.15, 0.2) is 0 Å². The van der Waals surface area contributed by atoms with Gasteiger partial charge in [0, 0.05) is 6.04 Å². The molecule has 1 heterocycles. The number of fused-ring (bicyclic) bond motifs is 1. The fourth-order valence-corrected chi connectivity index (χ4v) is 3.59. The number of hydrogen-bond donors (Lipinski definition) is 1. The lowest BCUT2D eigenvalue weighted by atomic mass is 9.89. The number of benzene rings is 1. The number of carbonyl (C=O) groups is 1. The maximum atomic E-state index is 11.6. The minimum absolute atomic E-state index is 0.229. The van der Waals surface area contributed by atoms with E-state index in [9.17, 15) is 4.79 Å². The van der Waals surface area contributed by atoms with Gasteiger partial charge >= 0.3 is 5.97 Å². The van der Waals surface area contributed by atoms with Crippen LogP contribution in [0.5, 0.6) is 0 Å². The standard InChI is InChI=1S/C16H21NO2/c1-2-19-16(18)12-8-6-11(7-9-12)15-14-5-3-4-13(14)10-17-15/h6-9,13-15,17H,2-5,10H2,1H3. The topological polar surface area (TPSA) is 38.3 Å². The Balaban J connectivity index is 1.74. The van der Waals surface area contributed by atoms with Crippen molar-refractivity contribution in [2.45, 2.75) is 32.2 Å². The second kappa shape index (κ2) is 5.33. The van der Waals surface area contributed by atoms with Crippen LogP contribution in [0.4, 0.5) is 0 Å². The smallest absolute Gasteiger partial charge is 0.338 e. The van der Waals surface area contributed by atoms with Gasteiger partial charge in [-0.15, -0.1) is 0 Å². The van der Waals surface area contributed by atoms with Crippen molar-refractivity contribution in [2.24, 2.45) is 11.8 Å². The summed E-state index contributed by atoms with van der Waals surface area (Å²) in [4.78, 5) is 11.6. The molecule has 0 bridgehead atoms. The van der Waals surface area contributed by atoms with Gasteiger partial charge in [0.25, 0.3) is 0 Å². The molecule has 3 heteroatoms. The van der Waals surface area contributed by atoms with E-state index in [0.717, 1.165) is 18.4 Å². The Labute approximate surface area is 114 Å². The molecule has 102 valence electrons. The summed E-state index contributed by atoms with van der Waals surface area (Å²) in [6, 6.07) is 8.40. The van der Waals surface area contributed by atoms with Crippen LogP contribution in [0, 0.1) is 11.8 Å². The molecule has 2 fully saturated rings. The highest BCUT2D eigenvalue weighted by Crippen LogP contribution is 2.44. The lowest BCUT2D eigenvalue weighted by Crippen LogP contribution is -2.17. The number of carbonyl (C=O) groups excluding carboxylic acids is 1. The van der Waals surface area contributed by atoms with Gasteiger partial charge in [-0.05, 0) is 55.8 Å². The summed E-state index contributed by atoms with van der Waals surface area (Å²) >= 11 is 0. The van der Waals surface area contributed by atoms with Crippen LogP contribution in [0.15, 0.2) is 24.3 Å². The molecule has 1 aliphatic heterocycles. The maximum absolute atomic E-state index is 11.6. The summed E-state index contributed by atoms with van der Waals surface area (Å²) in [5.74, 6) is 1.41. The first-order valence-electron chi connectivity index (χ1n) is 7.30. The fraction of sp³-hybridized carbons (Fsp3) is 0.562. The van der Waals surface area contributed by atoms with Gasteiger partial charge < -0.3 is 10.1 Å². The Hall–Kier alpha value is -1.35. The summed E-state index contributed by atoms with van der Waals surface area (Å²) in [5, 5.41) is 3.63. The van der Waals surface area contributed by atoms with Crippen molar-refractivity contribution >= 4 is 5.97 Å². The molecule has 3 atom stereocenters. The van der Waals surface area contributed by atoms with Crippen LogP contribution in [0.25, 0.3) is 0 Å². The zero-order valence-electron chi connectivity index (χ0n) is 11.4. The molecule has 19 heavy (non-hydrogen) atoms. The second-order valence-electron chi connectivity index (χ2n) is 5.58. The summed E-state index contributed by atoms with van der Waals surface area (Å²) < 4.78 is 5.01. The molecule has 1 aromatic carbocycles. The Kier molecular flexibility index (Phi) is 3.56. The molecule has 0 aromatic heterocycles. The van der Waals surface area contributed by atoms with Crippen LogP contribution in [-0.2, 0) is 4.74 Å². The van der Waals surface area contributed by atoms with Crippen LogP contribution in [0.2, 0.25) is 0 Å². The van der Waals surface area contributed by atoms with Gasteiger partial charge in [-0.1, -0.05) is 18.6 Å². The lowest BCUT2D eigenvalue weighted by molar-refractivity contribution is 0.0526. The van der Waals surface area contributed by atoms with Crippen LogP contribution in [0.1, 0.15) is 48.1 Å². The van der Waals surface area contributed by atoms with Gasteiger partial charge in [-0.3, -0.25) is 0 Å². The summed E-state index contributed by atoms with van der Waals surface area (Å²) in [6.07, 6.45) is 4.07. The largest absolute Gasteiger partial charge is 0.462 e. The van der Waals surface area contributed by atoms with Crippen molar-refractivity contribution in [1.29, 1.82) is 0 Å². The minimum Gasteiger partial charge on any atom is -0.462 e. The predicted octanol–water partition coefficient (Wildman–Crippen LogP) is 2.92. The van der Waals surface area contributed by atoms with Gasteiger partial charge in [0.1, 0.15) is 0 Å². The Morgan fingerprint density at radius 2 is 2.11 bits per heavy atom. The zero-order valence-corrected chi connectivity index (χ0v) is 11.4. The molecule has 1 N–H and O–H groups in total. The van der Waals surface area contributed by atoms with E-state index in [4.69, 9.17) is 4.74 Å². The number of hydrogen-bond acceptors (Lipinski definition) is 3. The van der Waals surface area contributed by atoms with Gasteiger partial charge in [-0.2, -0.15) is 0 Å². The third-order valence-electron chi connectivity index (χ3n) is 4.53. The second-order valence-corrected chi connectivity index (χ2v) is 5.58. The average Bonchev–Trinajstić information content (AvgIpc) is 3.01. The molecule has 3 rings (SSSR count). The van der Waals surface area contributed by atoms with E-state index in [1.54, 1.807) is 0 Å². The molecule has 0 amide bonds. The SMILES string of the molecule is CCOC(=O)c1ccc(C2NCC3CCCC32)cc1. The number of nitrogens with one attached hydrogen (secondary N) is 1. The fourth-order valence-electron chi connectivity index (χ4n) is 3.59. The quantitative estimate of drug-likeness (QED) is 0.848. The predicted molar refractivity (Wildman–Crippen MR) is 74.0 cm³/mol. The van der Waals surface area contributed by atoms with Crippen LogP contribution in [0.3, 0.4) is 0 Å². The molecule has 1 saturated carbocycles. The summed E-state index contributed by atoms with van der Waals surface area (Å²) in [6.45, 7) is 3.40. The van der Waals surface area contributed by atoms with Crippen molar-refractivity contribution in [3.8, 4) is 0 Å². The highest BCUT2D eigenvalue weighted by molar-refractivity contribution is 5.89. The Morgan fingerprint density at radius 1 is 1.32 bits per heavy atom. The maximum Gasteiger partial charge on any atom is 0.338 e. The van der Waals surface area contributed by atoms with E-state index in [1.807, 2.05) is 19.1 Å². The monoisotopic (exact) mass is 259 g/mol. The number of ether oxygens (including phenoxy) is 1. The van der Waals surface area contributed by atoms with Crippen molar-refractivity contribution in [2.75, 3.05) is 13.2 Å². The first kappa shape index (κ1) is 12.7. The highest BCUT2D eigenvalue weighted by atomic mass is 16.5. The zero-order chi connectivity index (χ0) is 13.2. The van der Waals surface area contributed by atoms with Crippen molar-refractivity contribution in [1.82, 2.24) is 5.32 Å². The number of rotatable bonds is 3. The molecule has 1 aromatic rings. The highest BCUT2D eigenvalue weighted by Gasteiger charge is 2.39. The van der Waals surface area contributed by atoms with Gasteiger partial charge in [0.05, 0.1) is 12.2 Å². The van der Waals surface area contributed by atoms with Gasteiger partial charge in [0.2, 0.25) is 0 Å². The van der Waals surface area contributed by atoms with Crippen LogP contribution < -0.4 is 5.32 Å². The van der Waals surface area contributed by atoms with Crippen LogP contribution in [-0.4, -0.2) is 19.1 Å². The van der Waals surface area contributed by atoms with E-state index in [-0.39, 0.29) is 5.97 Å². The summed E-state index contributed by atoms with van der Waals surface area (Å²) in [5.41, 5.74) is 1.95. The normalized spacial score (nSPS) is 29.2. The average molecular weight is 259 g/mol.